The number of carbonyl (C=O) groups is 1. The second-order valence-corrected chi connectivity index (χ2v) is 6.47. The van der Waals surface area contributed by atoms with Gasteiger partial charge in [0.2, 0.25) is 5.78 Å². The van der Waals surface area contributed by atoms with E-state index >= 15 is 0 Å². The molecule has 138 valence electrons. The van der Waals surface area contributed by atoms with E-state index < -0.39 is 4.92 Å². The summed E-state index contributed by atoms with van der Waals surface area (Å²) in [7, 11) is 0. The third kappa shape index (κ3) is 3.77. The largest absolute Gasteiger partial charge is 0.478 e. The van der Waals surface area contributed by atoms with Gasteiger partial charge in [-0.3, -0.25) is 14.9 Å². The first-order valence-corrected chi connectivity index (χ1v) is 8.65. The fourth-order valence-corrected chi connectivity index (χ4v) is 3.31. The molecule has 0 spiro atoms. The topological polar surface area (TPSA) is 83.6 Å². The number of nitro benzene ring substituents is 1. The van der Waals surface area contributed by atoms with Crippen LogP contribution in [0.15, 0.2) is 30.3 Å². The van der Waals surface area contributed by atoms with Crippen LogP contribution in [0.1, 0.15) is 34.6 Å². The van der Waals surface area contributed by atoms with Crippen molar-refractivity contribution in [1.82, 2.24) is 4.57 Å². The van der Waals surface area contributed by atoms with Crippen LogP contribution < -0.4 is 4.74 Å². The maximum Gasteiger partial charge on any atom is 0.310 e. The summed E-state index contributed by atoms with van der Waals surface area (Å²) in [5.41, 5.74) is 2.30. The predicted octanol–water partition coefficient (Wildman–Crippen LogP) is 3.45. The van der Waals surface area contributed by atoms with Crippen LogP contribution in [0, 0.1) is 24.0 Å². The van der Waals surface area contributed by atoms with Gasteiger partial charge in [-0.25, -0.2) is 0 Å². The van der Waals surface area contributed by atoms with Crippen molar-refractivity contribution in [3.05, 3.63) is 57.4 Å². The van der Waals surface area contributed by atoms with E-state index in [0.717, 1.165) is 37.4 Å². The molecule has 0 bridgehead atoms. The smallest absolute Gasteiger partial charge is 0.310 e. The lowest BCUT2D eigenvalue weighted by Crippen LogP contribution is -2.18. The van der Waals surface area contributed by atoms with Gasteiger partial charge in [-0.15, -0.1) is 0 Å². The summed E-state index contributed by atoms with van der Waals surface area (Å²) < 4.78 is 13.2. The highest BCUT2D eigenvalue weighted by Crippen LogP contribution is 2.26. The van der Waals surface area contributed by atoms with Gasteiger partial charge in [0.05, 0.1) is 11.0 Å². The maximum absolute atomic E-state index is 12.6. The van der Waals surface area contributed by atoms with E-state index in [0.29, 0.717) is 5.56 Å². The molecule has 1 saturated heterocycles. The highest BCUT2D eigenvalue weighted by atomic mass is 16.6. The summed E-state index contributed by atoms with van der Waals surface area (Å²) in [6.45, 7) is 5.15. The van der Waals surface area contributed by atoms with Gasteiger partial charge in [0.25, 0.3) is 0 Å². The van der Waals surface area contributed by atoms with Crippen molar-refractivity contribution in [3.63, 3.8) is 0 Å². The molecule has 0 aliphatic carbocycles. The van der Waals surface area contributed by atoms with Crippen LogP contribution in [0.5, 0.6) is 5.75 Å². The zero-order valence-corrected chi connectivity index (χ0v) is 14.9. The first-order valence-electron chi connectivity index (χ1n) is 8.65. The molecule has 0 N–H and O–H groups in total. The number of Topliss-reactive ketones (excluding diaryl/α,β-unsaturated/α-hetero) is 1. The number of nitro groups is 1. The predicted molar refractivity (Wildman–Crippen MR) is 95.8 cm³/mol. The quantitative estimate of drug-likeness (QED) is 0.430. The van der Waals surface area contributed by atoms with Crippen molar-refractivity contribution in [1.29, 1.82) is 0 Å². The van der Waals surface area contributed by atoms with Crippen molar-refractivity contribution in [2.24, 2.45) is 0 Å². The molecular formula is C19H22N2O5. The third-order valence-corrected chi connectivity index (χ3v) is 4.70. The molecule has 0 amide bonds. The van der Waals surface area contributed by atoms with Gasteiger partial charge in [-0.1, -0.05) is 12.1 Å². The van der Waals surface area contributed by atoms with Crippen LogP contribution in [0.2, 0.25) is 0 Å². The van der Waals surface area contributed by atoms with Gasteiger partial charge >= 0.3 is 5.69 Å². The monoisotopic (exact) mass is 358 g/mol. The van der Waals surface area contributed by atoms with E-state index in [2.05, 4.69) is 4.57 Å². The van der Waals surface area contributed by atoms with Gasteiger partial charge < -0.3 is 14.0 Å². The van der Waals surface area contributed by atoms with Gasteiger partial charge in [-0.05, 0) is 38.8 Å². The Hall–Kier alpha value is -2.67. The molecule has 2 aromatic rings. The average Bonchev–Trinajstić information content (AvgIpc) is 3.23. The Morgan fingerprint density at radius 3 is 2.85 bits per heavy atom. The van der Waals surface area contributed by atoms with Gasteiger partial charge in [0, 0.05) is 36.2 Å². The molecular weight excluding hydrogens is 336 g/mol. The molecule has 0 radical (unpaired) electrons. The van der Waals surface area contributed by atoms with Gasteiger partial charge in [-0.2, -0.15) is 0 Å². The minimum atomic E-state index is -0.521. The third-order valence-electron chi connectivity index (χ3n) is 4.70. The van der Waals surface area contributed by atoms with Gasteiger partial charge in [0.1, 0.15) is 0 Å². The lowest BCUT2D eigenvalue weighted by Gasteiger charge is -2.14. The van der Waals surface area contributed by atoms with Crippen LogP contribution >= 0.6 is 0 Å². The van der Waals surface area contributed by atoms with E-state index in [-0.39, 0.29) is 29.9 Å². The number of ketones is 1. The minimum absolute atomic E-state index is 0.0963. The number of aromatic nitrogens is 1. The molecule has 1 aromatic heterocycles. The van der Waals surface area contributed by atoms with Crippen molar-refractivity contribution >= 4 is 11.5 Å². The maximum atomic E-state index is 12.6. The number of nitrogens with zero attached hydrogens (tertiary/aromatic N) is 2. The second-order valence-electron chi connectivity index (χ2n) is 6.47. The standard InChI is InChI=1S/C19H22N2O5/c1-13-10-16(14(2)20(13)11-15-6-5-9-25-15)18(22)12-26-19-8-4-3-7-17(19)21(23)24/h3-4,7-8,10,15H,5-6,9,11-12H2,1-2H3/t15-/m1/s1. The zero-order chi connectivity index (χ0) is 18.7. The number of benzene rings is 1. The molecule has 7 nitrogen and oxygen atoms in total. The molecule has 0 unspecified atom stereocenters. The van der Waals surface area contributed by atoms with Crippen molar-refractivity contribution in [2.45, 2.75) is 39.3 Å². The average molecular weight is 358 g/mol. The first kappa shape index (κ1) is 18.1. The number of para-hydroxylation sites is 2. The molecule has 3 rings (SSSR count). The van der Waals surface area contributed by atoms with Crippen LogP contribution in [0.25, 0.3) is 0 Å². The molecule has 1 aliphatic rings. The Balaban J connectivity index is 1.71. The van der Waals surface area contributed by atoms with Crippen molar-refractivity contribution in [2.75, 3.05) is 13.2 Å². The number of hydrogen-bond donors (Lipinski definition) is 0. The van der Waals surface area contributed by atoms with Gasteiger partial charge in [0.15, 0.2) is 12.4 Å². The van der Waals surface area contributed by atoms with E-state index in [4.69, 9.17) is 9.47 Å². The van der Waals surface area contributed by atoms with Crippen molar-refractivity contribution in [3.8, 4) is 5.75 Å². The SMILES string of the molecule is Cc1cc(C(=O)COc2ccccc2[N+](=O)[O-])c(C)n1C[C@H]1CCCO1. The Kier molecular flexibility index (Phi) is 5.37. The molecule has 1 aromatic carbocycles. The number of rotatable bonds is 7. The molecule has 0 saturated carbocycles. The highest BCUT2D eigenvalue weighted by Gasteiger charge is 2.22. The van der Waals surface area contributed by atoms with E-state index in [1.807, 2.05) is 19.9 Å². The summed E-state index contributed by atoms with van der Waals surface area (Å²) in [5, 5.41) is 11.0. The van der Waals surface area contributed by atoms with Crippen LogP contribution in [0.4, 0.5) is 5.69 Å². The molecule has 26 heavy (non-hydrogen) atoms. The van der Waals surface area contributed by atoms with Crippen molar-refractivity contribution < 1.29 is 19.2 Å². The van der Waals surface area contributed by atoms with E-state index in [1.165, 1.54) is 12.1 Å². The lowest BCUT2D eigenvalue weighted by molar-refractivity contribution is -0.385. The fraction of sp³-hybridized carbons (Fsp3) is 0.421. The lowest BCUT2D eigenvalue weighted by atomic mass is 10.1. The Bertz CT molecular complexity index is 821. The summed E-state index contributed by atoms with van der Waals surface area (Å²) in [6, 6.07) is 7.89. The number of aryl methyl sites for hydroxylation is 1. The summed E-state index contributed by atoms with van der Waals surface area (Å²) in [4.78, 5) is 23.1. The minimum Gasteiger partial charge on any atom is -0.478 e. The number of hydrogen-bond acceptors (Lipinski definition) is 5. The molecule has 1 atom stereocenters. The van der Waals surface area contributed by atoms with Crippen LogP contribution in [0.3, 0.4) is 0 Å². The molecule has 1 fully saturated rings. The summed E-state index contributed by atoms with van der Waals surface area (Å²) in [6.07, 6.45) is 2.28. The molecule has 2 heterocycles. The fourth-order valence-electron chi connectivity index (χ4n) is 3.31. The number of ether oxygens (including phenoxy) is 2. The van der Waals surface area contributed by atoms with Crippen LogP contribution in [-0.4, -0.2) is 34.6 Å². The first-order chi connectivity index (χ1) is 12.5. The van der Waals surface area contributed by atoms with E-state index in [9.17, 15) is 14.9 Å². The Morgan fingerprint density at radius 1 is 1.38 bits per heavy atom. The number of carbonyl (C=O) groups excluding carboxylic acids is 1. The van der Waals surface area contributed by atoms with Crippen LogP contribution in [-0.2, 0) is 11.3 Å². The van der Waals surface area contributed by atoms with E-state index in [1.54, 1.807) is 12.1 Å². The zero-order valence-electron chi connectivity index (χ0n) is 14.9. The summed E-state index contributed by atoms with van der Waals surface area (Å²) in [5.74, 6) is -0.103. The molecule has 1 aliphatic heterocycles. The Labute approximate surface area is 151 Å². The normalized spacial score (nSPS) is 16.6. The molecule has 7 heteroatoms. The highest BCUT2D eigenvalue weighted by molar-refractivity contribution is 5.98. The Morgan fingerprint density at radius 2 is 2.15 bits per heavy atom. The summed E-state index contributed by atoms with van der Waals surface area (Å²) >= 11 is 0. The second kappa shape index (κ2) is 7.70.